The first-order valence-electron chi connectivity index (χ1n) is 6.56. The van der Waals surface area contributed by atoms with Gasteiger partial charge in [-0.2, -0.15) is 0 Å². The number of amides is 1. The van der Waals surface area contributed by atoms with Gasteiger partial charge in [-0.25, -0.2) is 0 Å². The van der Waals surface area contributed by atoms with E-state index in [1.807, 2.05) is 17.5 Å². The monoisotopic (exact) mass is 389 g/mol. The number of anilines is 1. The Morgan fingerprint density at radius 1 is 1.17 bits per heavy atom. The number of ether oxygens (including phenoxy) is 1. The van der Waals surface area contributed by atoms with Crippen molar-refractivity contribution in [3.8, 4) is 0 Å². The summed E-state index contributed by atoms with van der Waals surface area (Å²) in [5.41, 5.74) is 0.309. The highest BCUT2D eigenvalue weighted by Gasteiger charge is 2.12. The summed E-state index contributed by atoms with van der Waals surface area (Å²) in [6.07, 6.45) is 0. The molecule has 4 nitrogen and oxygen atoms in total. The van der Waals surface area contributed by atoms with E-state index < -0.39 is 11.9 Å². The number of carbonyl (C=O) groups excluding carboxylic acids is 2. The van der Waals surface area contributed by atoms with E-state index in [1.54, 1.807) is 29.5 Å². The lowest BCUT2D eigenvalue weighted by Gasteiger charge is -2.09. The molecular weight excluding hydrogens is 377 g/mol. The Morgan fingerprint density at radius 3 is 2.57 bits per heavy atom. The topological polar surface area (TPSA) is 55.4 Å². The average Bonchev–Trinajstić information content (AvgIpc) is 3.02. The second kappa shape index (κ2) is 9.17. The number of para-hydroxylation sites is 1. The third kappa shape index (κ3) is 6.06. The molecule has 1 heterocycles. The quantitative estimate of drug-likeness (QED) is 0.709. The minimum atomic E-state index is -0.489. The summed E-state index contributed by atoms with van der Waals surface area (Å²) in [5, 5.41) is 5.16. The van der Waals surface area contributed by atoms with Crippen molar-refractivity contribution in [3.05, 3.63) is 50.6 Å². The van der Waals surface area contributed by atoms with E-state index in [9.17, 15) is 9.59 Å². The lowest BCUT2D eigenvalue weighted by molar-refractivity contribution is -0.144. The molecule has 1 N–H and O–H groups in total. The number of nitrogens with one attached hydrogen (secondary N) is 1. The molecule has 0 bridgehead atoms. The Balaban J connectivity index is 1.70. The highest BCUT2D eigenvalue weighted by atomic mass is 35.5. The van der Waals surface area contributed by atoms with Gasteiger partial charge in [-0.05, 0) is 23.6 Å². The van der Waals surface area contributed by atoms with Gasteiger partial charge >= 0.3 is 5.97 Å². The van der Waals surface area contributed by atoms with Gasteiger partial charge in [0.25, 0.3) is 5.91 Å². The van der Waals surface area contributed by atoms with E-state index in [1.165, 1.54) is 16.6 Å². The van der Waals surface area contributed by atoms with Crippen LogP contribution in [0.1, 0.15) is 4.88 Å². The predicted molar refractivity (Wildman–Crippen MR) is 96.5 cm³/mol. The maximum Gasteiger partial charge on any atom is 0.316 e. The van der Waals surface area contributed by atoms with E-state index in [4.69, 9.17) is 27.9 Å². The standard InChI is InChI=1S/C15H13Cl2NO3S2/c16-11-4-1-5-12(17)15(11)18-13(19)7-21-14(20)9-22-8-10-3-2-6-23-10/h1-6H,7-9H2,(H,18,19). The van der Waals surface area contributed by atoms with Crippen molar-refractivity contribution in [3.63, 3.8) is 0 Å². The number of rotatable bonds is 7. The molecule has 0 aliphatic rings. The molecule has 1 aromatic carbocycles. The number of esters is 1. The third-order valence-corrected chi connectivity index (χ3v) is 5.28. The first-order chi connectivity index (χ1) is 11.1. The molecule has 0 saturated carbocycles. The van der Waals surface area contributed by atoms with Gasteiger partial charge in [-0.3, -0.25) is 9.59 Å². The molecule has 0 aliphatic carbocycles. The highest BCUT2D eigenvalue weighted by Crippen LogP contribution is 2.29. The van der Waals surface area contributed by atoms with Gasteiger partial charge in [0.2, 0.25) is 0 Å². The highest BCUT2D eigenvalue weighted by molar-refractivity contribution is 7.99. The first-order valence-corrected chi connectivity index (χ1v) is 9.35. The summed E-state index contributed by atoms with van der Waals surface area (Å²) >= 11 is 15.0. The van der Waals surface area contributed by atoms with Crippen LogP contribution < -0.4 is 5.32 Å². The number of carbonyl (C=O) groups is 2. The van der Waals surface area contributed by atoms with Gasteiger partial charge in [0.15, 0.2) is 6.61 Å². The lowest BCUT2D eigenvalue weighted by atomic mass is 10.3. The summed E-state index contributed by atoms with van der Waals surface area (Å²) < 4.78 is 4.92. The summed E-state index contributed by atoms with van der Waals surface area (Å²) in [7, 11) is 0. The first kappa shape index (κ1) is 18.1. The molecule has 0 radical (unpaired) electrons. The number of thiophene rings is 1. The molecule has 0 atom stereocenters. The fourth-order valence-electron chi connectivity index (χ4n) is 1.61. The molecule has 1 aromatic heterocycles. The van der Waals surface area contributed by atoms with Crippen molar-refractivity contribution in [1.82, 2.24) is 0 Å². The van der Waals surface area contributed by atoms with Crippen molar-refractivity contribution in [2.75, 3.05) is 17.7 Å². The Labute approximate surface area is 152 Å². The molecule has 122 valence electrons. The molecule has 0 saturated heterocycles. The zero-order chi connectivity index (χ0) is 16.7. The number of hydrogen-bond acceptors (Lipinski definition) is 5. The molecule has 0 fully saturated rings. The Kier molecular flexibility index (Phi) is 7.23. The van der Waals surface area contributed by atoms with E-state index in [0.717, 1.165) is 5.75 Å². The smallest absolute Gasteiger partial charge is 0.316 e. The van der Waals surface area contributed by atoms with Gasteiger partial charge in [0.1, 0.15) is 0 Å². The maximum absolute atomic E-state index is 11.8. The van der Waals surface area contributed by atoms with Crippen molar-refractivity contribution < 1.29 is 14.3 Å². The fraction of sp³-hybridized carbons (Fsp3) is 0.200. The molecule has 8 heteroatoms. The molecule has 0 unspecified atom stereocenters. The van der Waals surface area contributed by atoms with Crippen LogP contribution in [0.3, 0.4) is 0 Å². The maximum atomic E-state index is 11.8. The van der Waals surface area contributed by atoms with Gasteiger partial charge in [-0.15, -0.1) is 23.1 Å². The zero-order valence-electron chi connectivity index (χ0n) is 11.9. The Bertz CT molecular complexity index is 657. The van der Waals surface area contributed by atoms with Crippen molar-refractivity contribution in [1.29, 1.82) is 0 Å². The molecule has 2 aromatic rings. The molecule has 2 rings (SSSR count). The SMILES string of the molecule is O=C(COC(=O)CSCc1cccs1)Nc1c(Cl)cccc1Cl. The zero-order valence-corrected chi connectivity index (χ0v) is 15.0. The van der Waals surface area contributed by atoms with E-state index >= 15 is 0 Å². The van der Waals surface area contributed by atoms with E-state index in [-0.39, 0.29) is 12.4 Å². The second-order valence-corrected chi connectivity index (χ2v) is 7.21. The third-order valence-electron chi connectivity index (χ3n) is 2.64. The molecular formula is C15H13Cl2NO3S2. The fourth-order valence-corrected chi connectivity index (χ4v) is 3.76. The Hall–Kier alpha value is -1.21. The van der Waals surface area contributed by atoms with Crippen LogP contribution in [-0.2, 0) is 20.1 Å². The van der Waals surface area contributed by atoms with Crippen molar-refractivity contribution in [2.24, 2.45) is 0 Å². The summed E-state index contributed by atoms with van der Waals surface area (Å²) in [6, 6.07) is 8.85. The number of halogens is 2. The van der Waals surface area contributed by atoms with Gasteiger partial charge in [0.05, 0.1) is 21.5 Å². The van der Waals surface area contributed by atoms with Crippen LogP contribution in [0.15, 0.2) is 35.7 Å². The Morgan fingerprint density at radius 2 is 1.91 bits per heavy atom. The summed E-state index contributed by atoms with van der Waals surface area (Å²) in [6.45, 7) is -0.375. The van der Waals surface area contributed by atoms with Gasteiger partial charge < -0.3 is 10.1 Å². The summed E-state index contributed by atoms with van der Waals surface area (Å²) in [4.78, 5) is 24.6. The van der Waals surface area contributed by atoms with Crippen LogP contribution in [-0.4, -0.2) is 24.2 Å². The molecule has 0 spiro atoms. The van der Waals surface area contributed by atoms with Crippen LogP contribution in [0.5, 0.6) is 0 Å². The largest absolute Gasteiger partial charge is 0.455 e. The number of thioether (sulfide) groups is 1. The van der Waals surface area contributed by atoms with Gasteiger partial charge in [0, 0.05) is 10.6 Å². The minimum Gasteiger partial charge on any atom is -0.455 e. The predicted octanol–water partition coefficient (Wildman–Crippen LogP) is 4.47. The lowest BCUT2D eigenvalue weighted by Crippen LogP contribution is -2.22. The normalized spacial score (nSPS) is 10.3. The van der Waals surface area contributed by atoms with E-state index in [2.05, 4.69) is 5.32 Å². The van der Waals surface area contributed by atoms with Crippen molar-refractivity contribution >= 4 is 63.9 Å². The molecule has 1 amide bonds. The van der Waals surface area contributed by atoms with Crippen LogP contribution in [0.4, 0.5) is 5.69 Å². The molecule has 0 aliphatic heterocycles. The van der Waals surface area contributed by atoms with Crippen LogP contribution in [0.25, 0.3) is 0 Å². The van der Waals surface area contributed by atoms with Crippen LogP contribution >= 0.6 is 46.3 Å². The van der Waals surface area contributed by atoms with E-state index in [0.29, 0.717) is 15.7 Å². The summed E-state index contributed by atoms with van der Waals surface area (Å²) in [5.74, 6) is 0.00948. The average molecular weight is 390 g/mol. The van der Waals surface area contributed by atoms with Crippen molar-refractivity contribution in [2.45, 2.75) is 5.75 Å². The van der Waals surface area contributed by atoms with Crippen LogP contribution in [0, 0.1) is 0 Å². The number of hydrogen-bond donors (Lipinski definition) is 1. The second-order valence-electron chi connectivity index (χ2n) is 4.38. The minimum absolute atomic E-state index is 0.192. The molecule has 23 heavy (non-hydrogen) atoms. The van der Waals surface area contributed by atoms with Gasteiger partial charge in [-0.1, -0.05) is 35.3 Å². The number of benzene rings is 1. The van der Waals surface area contributed by atoms with Crippen LogP contribution in [0.2, 0.25) is 10.0 Å².